The highest BCUT2D eigenvalue weighted by Crippen LogP contribution is 2.39. The van der Waals surface area contributed by atoms with Crippen LogP contribution in [0.3, 0.4) is 0 Å². The molecule has 0 aliphatic heterocycles. The van der Waals surface area contributed by atoms with Crippen molar-refractivity contribution in [3.05, 3.63) is 59.7 Å². The van der Waals surface area contributed by atoms with E-state index in [-0.39, 0.29) is 17.4 Å². The SMILES string of the molecule is CCOc1cccc(C(=O)NCC2(c3ccccc3)CCC(N/C(=N/C#N)NC)CC2)c1OCC. The van der Waals surface area contributed by atoms with Gasteiger partial charge >= 0.3 is 0 Å². The van der Waals surface area contributed by atoms with Crippen molar-refractivity contribution >= 4 is 11.9 Å². The van der Waals surface area contributed by atoms with Crippen LogP contribution in [0.5, 0.6) is 11.5 Å². The highest BCUT2D eigenvalue weighted by Gasteiger charge is 2.37. The van der Waals surface area contributed by atoms with Gasteiger partial charge in [-0.05, 0) is 57.2 Å². The highest BCUT2D eigenvalue weighted by molar-refractivity contribution is 5.97. The maximum absolute atomic E-state index is 13.3. The second-order valence-corrected chi connectivity index (χ2v) is 8.56. The van der Waals surface area contributed by atoms with Gasteiger partial charge in [0.1, 0.15) is 0 Å². The van der Waals surface area contributed by atoms with Gasteiger partial charge in [0.2, 0.25) is 12.2 Å². The number of hydrogen-bond donors (Lipinski definition) is 3. The Hall–Kier alpha value is -3.73. The molecule has 1 aliphatic rings. The van der Waals surface area contributed by atoms with Crippen molar-refractivity contribution in [2.75, 3.05) is 26.8 Å². The molecule has 3 rings (SSSR count). The summed E-state index contributed by atoms with van der Waals surface area (Å²) in [6, 6.07) is 16.0. The molecule has 0 atom stereocenters. The lowest BCUT2D eigenvalue weighted by Crippen LogP contribution is -2.49. The summed E-state index contributed by atoms with van der Waals surface area (Å²) in [5.41, 5.74) is 1.50. The Balaban J connectivity index is 1.78. The third-order valence-corrected chi connectivity index (χ3v) is 6.47. The highest BCUT2D eigenvalue weighted by atomic mass is 16.5. The summed E-state index contributed by atoms with van der Waals surface area (Å²) in [5.74, 6) is 1.36. The van der Waals surface area contributed by atoms with E-state index in [1.165, 1.54) is 5.56 Å². The van der Waals surface area contributed by atoms with Gasteiger partial charge < -0.3 is 25.4 Å². The number of nitrogens with one attached hydrogen (secondary N) is 3. The van der Waals surface area contributed by atoms with Crippen LogP contribution in [0.15, 0.2) is 53.5 Å². The number of amides is 1. The second-order valence-electron chi connectivity index (χ2n) is 8.56. The molecule has 0 spiro atoms. The van der Waals surface area contributed by atoms with E-state index < -0.39 is 0 Å². The van der Waals surface area contributed by atoms with E-state index in [1.807, 2.05) is 50.4 Å². The van der Waals surface area contributed by atoms with Crippen LogP contribution >= 0.6 is 0 Å². The monoisotopic (exact) mass is 477 g/mol. The zero-order valence-corrected chi connectivity index (χ0v) is 20.8. The Morgan fingerprint density at radius 2 is 1.80 bits per heavy atom. The molecule has 3 N–H and O–H groups in total. The molecule has 186 valence electrons. The van der Waals surface area contributed by atoms with E-state index in [1.54, 1.807) is 13.1 Å². The molecule has 8 nitrogen and oxygen atoms in total. The van der Waals surface area contributed by atoms with Crippen LogP contribution < -0.4 is 25.4 Å². The van der Waals surface area contributed by atoms with Crippen molar-refractivity contribution in [1.29, 1.82) is 5.26 Å². The molecule has 0 saturated heterocycles. The Labute approximate surface area is 207 Å². The first-order valence-corrected chi connectivity index (χ1v) is 12.2. The molecular formula is C27H35N5O3. The number of aliphatic imine (C=N–C) groups is 1. The van der Waals surface area contributed by atoms with Crippen molar-refractivity contribution < 1.29 is 14.3 Å². The first-order chi connectivity index (χ1) is 17.1. The Morgan fingerprint density at radius 3 is 2.43 bits per heavy atom. The Kier molecular flexibility index (Phi) is 9.36. The van der Waals surface area contributed by atoms with Crippen molar-refractivity contribution in [3.63, 3.8) is 0 Å². The molecule has 0 heterocycles. The summed E-state index contributed by atoms with van der Waals surface area (Å²) in [4.78, 5) is 17.1. The van der Waals surface area contributed by atoms with Gasteiger partial charge in [-0.3, -0.25) is 4.79 Å². The van der Waals surface area contributed by atoms with E-state index in [0.29, 0.717) is 42.8 Å². The molecule has 1 amide bonds. The van der Waals surface area contributed by atoms with E-state index in [9.17, 15) is 4.79 Å². The first kappa shape index (κ1) is 25.9. The fourth-order valence-electron chi connectivity index (χ4n) is 4.68. The second kappa shape index (κ2) is 12.7. The molecule has 0 bridgehead atoms. The quantitative estimate of drug-likeness (QED) is 0.289. The van der Waals surface area contributed by atoms with Crippen LogP contribution in [-0.2, 0) is 5.41 Å². The number of carbonyl (C=O) groups is 1. The van der Waals surface area contributed by atoms with E-state index in [4.69, 9.17) is 14.7 Å². The van der Waals surface area contributed by atoms with Crippen LogP contribution in [0, 0.1) is 11.5 Å². The van der Waals surface area contributed by atoms with Gasteiger partial charge in [0.15, 0.2) is 11.5 Å². The van der Waals surface area contributed by atoms with Gasteiger partial charge in [0, 0.05) is 25.0 Å². The topological polar surface area (TPSA) is 108 Å². The standard InChI is InChI=1S/C27H35N5O3/c1-4-34-23-13-9-12-22(24(23)35-5-2)25(33)30-18-27(20-10-7-6-8-11-20)16-14-21(15-17-27)32-26(29-3)31-19-28/h6-13,21H,4-5,14-18H2,1-3H3,(H,30,33)(H2,29,31,32). The van der Waals surface area contributed by atoms with Gasteiger partial charge in [-0.2, -0.15) is 5.26 Å². The van der Waals surface area contributed by atoms with Gasteiger partial charge in [0.25, 0.3) is 5.91 Å². The Bertz CT molecular complexity index is 1040. The van der Waals surface area contributed by atoms with E-state index in [0.717, 1.165) is 25.7 Å². The number of nitriles is 1. The number of hydrogen-bond acceptors (Lipinski definition) is 5. The normalized spacial score (nSPS) is 19.8. The third-order valence-electron chi connectivity index (χ3n) is 6.47. The van der Waals surface area contributed by atoms with E-state index >= 15 is 0 Å². The van der Waals surface area contributed by atoms with Crippen LogP contribution in [-0.4, -0.2) is 44.7 Å². The minimum Gasteiger partial charge on any atom is -0.490 e. The lowest BCUT2D eigenvalue weighted by atomic mass is 9.68. The average molecular weight is 478 g/mol. The predicted molar refractivity (Wildman–Crippen MR) is 137 cm³/mol. The summed E-state index contributed by atoms with van der Waals surface area (Å²) in [5, 5.41) is 18.3. The summed E-state index contributed by atoms with van der Waals surface area (Å²) < 4.78 is 11.5. The average Bonchev–Trinajstić information content (AvgIpc) is 2.89. The lowest BCUT2D eigenvalue weighted by Gasteiger charge is -2.41. The van der Waals surface area contributed by atoms with Crippen LogP contribution in [0.25, 0.3) is 0 Å². The minimum atomic E-state index is -0.190. The lowest BCUT2D eigenvalue weighted by molar-refractivity contribution is 0.0930. The molecule has 35 heavy (non-hydrogen) atoms. The molecule has 1 fully saturated rings. The zero-order valence-electron chi connectivity index (χ0n) is 20.8. The molecule has 8 heteroatoms. The van der Waals surface area contributed by atoms with Crippen LogP contribution in [0.4, 0.5) is 0 Å². The van der Waals surface area contributed by atoms with Crippen molar-refractivity contribution in [2.45, 2.75) is 51.0 Å². The smallest absolute Gasteiger partial charge is 0.255 e. The number of carbonyl (C=O) groups excluding carboxylic acids is 1. The Morgan fingerprint density at radius 1 is 1.09 bits per heavy atom. The fraction of sp³-hybridized carbons (Fsp3) is 0.444. The zero-order chi connectivity index (χ0) is 25.1. The number of ether oxygens (including phenoxy) is 2. The molecular weight excluding hydrogens is 442 g/mol. The summed E-state index contributed by atoms with van der Waals surface area (Å²) >= 11 is 0. The summed E-state index contributed by atoms with van der Waals surface area (Å²) in [6.45, 7) is 5.24. The third kappa shape index (κ3) is 6.44. The van der Waals surface area contributed by atoms with E-state index in [2.05, 4.69) is 33.1 Å². The predicted octanol–water partition coefficient (Wildman–Crippen LogP) is 3.74. The maximum atomic E-state index is 13.3. The van der Waals surface area contributed by atoms with Gasteiger partial charge in [-0.1, -0.05) is 36.4 Å². The number of benzene rings is 2. The molecule has 1 saturated carbocycles. The van der Waals surface area contributed by atoms with Gasteiger partial charge in [-0.15, -0.1) is 4.99 Å². The van der Waals surface area contributed by atoms with Crippen molar-refractivity contribution in [3.8, 4) is 17.7 Å². The number of para-hydroxylation sites is 1. The van der Waals surface area contributed by atoms with Crippen molar-refractivity contribution in [1.82, 2.24) is 16.0 Å². The molecule has 2 aromatic rings. The largest absolute Gasteiger partial charge is 0.490 e. The van der Waals surface area contributed by atoms with Crippen molar-refractivity contribution in [2.24, 2.45) is 4.99 Å². The number of nitrogens with zero attached hydrogens (tertiary/aromatic N) is 2. The maximum Gasteiger partial charge on any atom is 0.255 e. The fourth-order valence-corrected chi connectivity index (χ4v) is 4.68. The molecule has 2 aromatic carbocycles. The molecule has 0 radical (unpaired) electrons. The van der Waals surface area contributed by atoms with Gasteiger partial charge in [-0.25, -0.2) is 0 Å². The molecule has 0 unspecified atom stereocenters. The summed E-state index contributed by atoms with van der Waals surface area (Å²) in [6.07, 6.45) is 5.37. The van der Waals surface area contributed by atoms with Crippen LogP contribution in [0.2, 0.25) is 0 Å². The molecule has 0 aromatic heterocycles. The number of guanidine groups is 1. The van der Waals surface area contributed by atoms with Crippen LogP contribution in [0.1, 0.15) is 55.5 Å². The van der Waals surface area contributed by atoms with Gasteiger partial charge in [0.05, 0.1) is 18.8 Å². The number of rotatable bonds is 9. The molecule has 1 aliphatic carbocycles. The minimum absolute atomic E-state index is 0.177. The summed E-state index contributed by atoms with van der Waals surface area (Å²) in [7, 11) is 1.74. The first-order valence-electron chi connectivity index (χ1n) is 12.2.